The van der Waals surface area contributed by atoms with Crippen molar-refractivity contribution in [3.63, 3.8) is 0 Å². The summed E-state index contributed by atoms with van der Waals surface area (Å²) in [6, 6.07) is 5.19. The minimum absolute atomic E-state index is 0.133. The number of carbonyl (C=O) groups excluding carboxylic acids is 1. The van der Waals surface area contributed by atoms with Gasteiger partial charge in [0.2, 0.25) is 0 Å². The lowest BCUT2D eigenvalue weighted by Gasteiger charge is -2.19. The first-order valence-electron chi connectivity index (χ1n) is 11.0. The molecule has 5 heterocycles. The molecule has 10 heteroatoms. The Morgan fingerprint density at radius 3 is 2.58 bits per heavy atom. The Balaban J connectivity index is 1.63. The van der Waals surface area contributed by atoms with E-state index < -0.39 is 12.7 Å². The van der Waals surface area contributed by atoms with E-state index in [1.54, 1.807) is 21.7 Å². The quantitative estimate of drug-likeness (QED) is 0.451. The summed E-state index contributed by atoms with van der Waals surface area (Å²) >= 11 is 0. The standard InChI is InChI=1S/C23H23F3N6O/c1-15-7-6-10-31-19(13-28-21(15)31)20-16-12-27-17(22(33)30-8-4-2-3-5-9-30)11-18(16)32(29-20)14-23(24,25)26/h6-7,10-13H,2-5,8-9,14H2,1H3. The van der Waals surface area contributed by atoms with Crippen LogP contribution in [0.2, 0.25) is 0 Å². The maximum absolute atomic E-state index is 13.4. The first-order chi connectivity index (χ1) is 15.8. The number of alkyl halides is 3. The summed E-state index contributed by atoms with van der Waals surface area (Å²) in [5.74, 6) is -0.259. The second-order valence-electron chi connectivity index (χ2n) is 8.44. The van der Waals surface area contributed by atoms with E-state index in [4.69, 9.17) is 0 Å². The van der Waals surface area contributed by atoms with Gasteiger partial charge >= 0.3 is 6.18 Å². The van der Waals surface area contributed by atoms with Gasteiger partial charge in [-0.05, 0) is 37.5 Å². The molecular weight excluding hydrogens is 433 g/mol. The van der Waals surface area contributed by atoms with Crippen LogP contribution in [0.4, 0.5) is 13.2 Å². The Hall–Kier alpha value is -3.43. The predicted octanol–water partition coefficient (Wildman–Crippen LogP) is 4.63. The Labute approximate surface area is 187 Å². The summed E-state index contributed by atoms with van der Waals surface area (Å²) < 4.78 is 42.8. The van der Waals surface area contributed by atoms with E-state index in [9.17, 15) is 18.0 Å². The van der Waals surface area contributed by atoms with Crippen molar-refractivity contribution in [3.05, 3.63) is 48.0 Å². The highest BCUT2D eigenvalue weighted by molar-refractivity contribution is 5.99. The van der Waals surface area contributed by atoms with Crippen molar-refractivity contribution in [1.82, 2.24) is 29.0 Å². The Morgan fingerprint density at radius 1 is 1.09 bits per heavy atom. The maximum atomic E-state index is 13.4. The van der Waals surface area contributed by atoms with Crippen molar-refractivity contribution < 1.29 is 18.0 Å². The van der Waals surface area contributed by atoms with Crippen molar-refractivity contribution >= 4 is 22.5 Å². The van der Waals surface area contributed by atoms with Crippen LogP contribution >= 0.6 is 0 Å². The van der Waals surface area contributed by atoms with Crippen molar-refractivity contribution in [1.29, 1.82) is 0 Å². The molecule has 7 nitrogen and oxygen atoms in total. The molecular formula is C23H23F3N6O. The number of rotatable bonds is 3. The van der Waals surface area contributed by atoms with Gasteiger partial charge in [-0.2, -0.15) is 18.3 Å². The van der Waals surface area contributed by atoms with E-state index in [0.29, 0.717) is 35.5 Å². The fraction of sp³-hybridized carbons (Fsp3) is 0.391. The molecule has 0 spiro atoms. The van der Waals surface area contributed by atoms with Crippen LogP contribution in [-0.2, 0) is 6.54 Å². The average molecular weight is 456 g/mol. The zero-order valence-corrected chi connectivity index (χ0v) is 18.1. The van der Waals surface area contributed by atoms with Crippen molar-refractivity contribution in [3.8, 4) is 11.4 Å². The number of amides is 1. The monoisotopic (exact) mass is 456 g/mol. The van der Waals surface area contributed by atoms with E-state index in [2.05, 4.69) is 15.1 Å². The summed E-state index contributed by atoms with van der Waals surface area (Å²) in [5, 5.41) is 4.74. The number of fused-ring (bicyclic) bond motifs is 2. The van der Waals surface area contributed by atoms with Gasteiger partial charge in [0.25, 0.3) is 5.91 Å². The largest absolute Gasteiger partial charge is 0.408 e. The number of hydrogen-bond donors (Lipinski definition) is 0. The number of aryl methyl sites for hydroxylation is 1. The van der Waals surface area contributed by atoms with Gasteiger partial charge in [-0.3, -0.25) is 18.9 Å². The van der Waals surface area contributed by atoms with Gasteiger partial charge in [-0.25, -0.2) is 4.98 Å². The van der Waals surface area contributed by atoms with E-state index in [1.165, 1.54) is 12.3 Å². The van der Waals surface area contributed by atoms with Crippen LogP contribution in [-0.4, -0.2) is 54.2 Å². The molecule has 0 bridgehead atoms. The fourth-order valence-corrected chi connectivity index (χ4v) is 4.43. The average Bonchev–Trinajstić information content (AvgIpc) is 3.23. The Morgan fingerprint density at radius 2 is 1.85 bits per heavy atom. The van der Waals surface area contributed by atoms with Gasteiger partial charge < -0.3 is 4.90 Å². The Bertz CT molecular complexity index is 1330. The van der Waals surface area contributed by atoms with Gasteiger partial charge in [-0.1, -0.05) is 18.9 Å². The number of pyridine rings is 2. The molecule has 0 saturated carbocycles. The van der Waals surface area contributed by atoms with E-state index in [1.807, 2.05) is 19.1 Å². The van der Waals surface area contributed by atoms with Crippen LogP contribution in [0.5, 0.6) is 0 Å². The summed E-state index contributed by atoms with van der Waals surface area (Å²) in [4.78, 5) is 23.5. The third-order valence-corrected chi connectivity index (χ3v) is 6.05. The molecule has 0 aromatic carbocycles. The van der Waals surface area contributed by atoms with Crippen LogP contribution < -0.4 is 0 Å². The fourth-order valence-electron chi connectivity index (χ4n) is 4.43. The zero-order valence-electron chi connectivity index (χ0n) is 18.1. The van der Waals surface area contributed by atoms with Crippen LogP contribution in [0, 0.1) is 6.92 Å². The minimum Gasteiger partial charge on any atom is -0.337 e. The van der Waals surface area contributed by atoms with Crippen molar-refractivity contribution in [2.45, 2.75) is 45.3 Å². The molecule has 1 aliphatic rings. The molecule has 1 fully saturated rings. The van der Waals surface area contributed by atoms with Crippen LogP contribution in [0.15, 0.2) is 36.8 Å². The van der Waals surface area contributed by atoms with Gasteiger partial charge in [0, 0.05) is 30.9 Å². The number of carbonyl (C=O) groups is 1. The minimum atomic E-state index is -4.47. The predicted molar refractivity (Wildman–Crippen MR) is 117 cm³/mol. The number of likely N-dealkylation sites (tertiary alicyclic amines) is 1. The second kappa shape index (κ2) is 8.17. The molecule has 33 heavy (non-hydrogen) atoms. The van der Waals surface area contributed by atoms with Crippen LogP contribution in [0.3, 0.4) is 0 Å². The molecule has 4 aromatic heterocycles. The first kappa shape index (κ1) is 21.4. The van der Waals surface area contributed by atoms with Gasteiger partial charge in [0.15, 0.2) is 0 Å². The lowest BCUT2D eigenvalue weighted by atomic mass is 10.2. The topological polar surface area (TPSA) is 68.3 Å². The van der Waals surface area contributed by atoms with E-state index in [-0.39, 0.29) is 17.1 Å². The van der Waals surface area contributed by atoms with Crippen LogP contribution in [0.1, 0.15) is 41.7 Å². The second-order valence-corrected chi connectivity index (χ2v) is 8.44. The van der Waals surface area contributed by atoms with Gasteiger partial charge in [0.1, 0.15) is 23.6 Å². The number of nitrogens with zero attached hydrogens (tertiary/aromatic N) is 6. The number of halogens is 3. The summed E-state index contributed by atoms with van der Waals surface area (Å²) in [7, 11) is 0. The van der Waals surface area contributed by atoms with Crippen molar-refractivity contribution in [2.24, 2.45) is 0 Å². The maximum Gasteiger partial charge on any atom is 0.408 e. The highest BCUT2D eigenvalue weighted by Gasteiger charge is 2.31. The summed E-state index contributed by atoms with van der Waals surface area (Å²) in [6.45, 7) is 1.91. The molecule has 4 aromatic rings. The molecule has 0 N–H and O–H groups in total. The normalized spacial score (nSPS) is 15.3. The highest BCUT2D eigenvalue weighted by atomic mass is 19.4. The molecule has 1 aliphatic heterocycles. The smallest absolute Gasteiger partial charge is 0.337 e. The van der Waals surface area contributed by atoms with E-state index in [0.717, 1.165) is 35.9 Å². The van der Waals surface area contributed by atoms with Crippen LogP contribution in [0.25, 0.3) is 27.9 Å². The molecule has 0 radical (unpaired) electrons. The molecule has 172 valence electrons. The highest BCUT2D eigenvalue weighted by Crippen LogP contribution is 2.31. The zero-order chi connectivity index (χ0) is 23.2. The SMILES string of the molecule is Cc1cccn2c(-c3nn(CC(F)(F)F)c4cc(C(=O)N5CCCCCC5)ncc34)cnc12. The lowest BCUT2D eigenvalue weighted by molar-refractivity contribution is -0.141. The van der Waals surface area contributed by atoms with Gasteiger partial charge in [0.05, 0.1) is 17.4 Å². The Kier molecular flexibility index (Phi) is 5.30. The molecule has 1 saturated heterocycles. The lowest BCUT2D eigenvalue weighted by Crippen LogP contribution is -2.32. The van der Waals surface area contributed by atoms with Gasteiger partial charge in [-0.15, -0.1) is 0 Å². The molecule has 0 atom stereocenters. The molecule has 5 rings (SSSR count). The molecule has 1 amide bonds. The van der Waals surface area contributed by atoms with E-state index >= 15 is 0 Å². The number of imidazole rings is 1. The third kappa shape index (κ3) is 4.05. The first-order valence-corrected chi connectivity index (χ1v) is 11.0. The van der Waals surface area contributed by atoms with Crippen molar-refractivity contribution in [2.75, 3.05) is 13.1 Å². The summed E-state index contributed by atoms with van der Waals surface area (Å²) in [5.41, 5.74) is 2.89. The molecule has 0 unspecified atom stereocenters. The molecule has 0 aliphatic carbocycles. The summed E-state index contributed by atoms with van der Waals surface area (Å²) in [6.07, 6.45) is 4.33. The number of aromatic nitrogens is 5. The number of hydrogen-bond acceptors (Lipinski definition) is 4. The third-order valence-electron chi connectivity index (χ3n) is 6.05.